The molecule has 1 aliphatic rings. The van der Waals surface area contributed by atoms with E-state index in [0.717, 1.165) is 11.0 Å². The highest BCUT2D eigenvalue weighted by molar-refractivity contribution is 5.93. The highest BCUT2D eigenvalue weighted by atomic mass is 15.3. The molecule has 0 bridgehead atoms. The summed E-state index contributed by atoms with van der Waals surface area (Å²) in [6.07, 6.45) is 3.92. The molecule has 0 fully saturated rings. The zero-order valence-corrected chi connectivity index (χ0v) is 14.7. The Morgan fingerprint density at radius 2 is 1.67 bits per heavy atom. The van der Waals surface area contributed by atoms with E-state index in [1.807, 2.05) is 0 Å². The first-order valence-electron chi connectivity index (χ1n) is 8.25. The number of para-hydroxylation sites is 1. The van der Waals surface area contributed by atoms with Gasteiger partial charge in [-0.15, -0.1) is 0 Å². The topological polar surface area (TPSA) is 3.01 Å². The van der Waals surface area contributed by atoms with Gasteiger partial charge in [-0.2, -0.15) is 4.58 Å². The Morgan fingerprint density at radius 3 is 2.33 bits per heavy atom. The third-order valence-electron chi connectivity index (χ3n) is 4.89. The van der Waals surface area contributed by atoms with Gasteiger partial charge in [-0.25, -0.2) is 0 Å². The fourth-order valence-electron chi connectivity index (χ4n) is 3.27. The third-order valence-corrected chi connectivity index (χ3v) is 4.89. The van der Waals surface area contributed by atoms with Gasteiger partial charge in [-0.3, -0.25) is 0 Å². The first-order chi connectivity index (χ1) is 9.73. The van der Waals surface area contributed by atoms with Gasteiger partial charge in [0.2, 0.25) is 5.69 Å². The van der Waals surface area contributed by atoms with Gasteiger partial charge in [-0.05, 0) is 26.7 Å². The van der Waals surface area contributed by atoms with E-state index >= 15 is 0 Å². The van der Waals surface area contributed by atoms with Gasteiger partial charge >= 0.3 is 0 Å². The minimum Gasteiger partial charge on any atom is -0.331 e. The molecular weight excluding hydrogens is 256 g/mol. The molecule has 1 heterocycles. The number of fused-ring (bicyclic) bond motifs is 1. The number of nitrogens with zero attached hydrogens (tertiary/aromatic N) is 2. The van der Waals surface area contributed by atoms with Crippen LogP contribution in [0.1, 0.15) is 45.6 Å². The molecule has 0 aromatic heterocycles. The quantitative estimate of drug-likeness (QED) is 0.423. The van der Waals surface area contributed by atoms with Crippen molar-refractivity contribution in [1.82, 2.24) is 0 Å². The molecule has 1 aromatic rings. The van der Waals surface area contributed by atoms with Gasteiger partial charge in [0, 0.05) is 25.0 Å². The lowest BCUT2D eigenvalue weighted by Crippen LogP contribution is -2.35. The Kier molecular flexibility index (Phi) is 4.57. The minimum absolute atomic E-state index is 0.179. The van der Waals surface area contributed by atoms with Crippen molar-refractivity contribution < 1.29 is 9.06 Å². The summed E-state index contributed by atoms with van der Waals surface area (Å²) in [5.41, 5.74) is 4.58. The lowest BCUT2D eigenvalue weighted by Gasteiger charge is -2.23. The maximum absolute atomic E-state index is 2.54. The van der Waals surface area contributed by atoms with Crippen LogP contribution < -0.4 is 0 Å². The molecular formula is C19H32N2+2. The van der Waals surface area contributed by atoms with Crippen LogP contribution in [0.5, 0.6) is 0 Å². The van der Waals surface area contributed by atoms with Crippen molar-refractivity contribution in [3.05, 3.63) is 29.8 Å². The molecule has 0 unspecified atom stereocenters. The fraction of sp³-hybridized carbons (Fsp3) is 0.632. The van der Waals surface area contributed by atoms with Crippen LogP contribution in [0.4, 0.5) is 5.69 Å². The van der Waals surface area contributed by atoms with Crippen molar-refractivity contribution in [3.63, 3.8) is 0 Å². The van der Waals surface area contributed by atoms with E-state index in [4.69, 9.17) is 0 Å². The maximum Gasteiger partial charge on any atom is 0.209 e. The summed E-state index contributed by atoms with van der Waals surface area (Å²) < 4.78 is 3.62. The highest BCUT2D eigenvalue weighted by Gasteiger charge is 2.42. The van der Waals surface area contributed by atoms with Crippen LogP contribution in [0.2, 0.25) is 0 Å². The van der Waals surface area contributed by atoms with Crippen molar-refractivity contribution in [2.75, 3.05) is 34.2 Å². The first kappa shape index (κ1) is 16.2. The summed E-state index contributed by atoms with van der Waals surface area (Å²) in [6.45, 7) is 9.41. The van der Waals surface area contributed by atoms with Crippen molar-refractivity contribution in [2.24, 2.45) is 0 Å². The van der Waals surface area contributed by atoms with Crippen LogP contribution in [0.3, 0.4) is 0 Å². The molecule has 2 rings (SSSR count). The SMILES string of the molecule is CC1=[N+](CCCCC[N+](C)(C)C)c2ccccc2C1(C)C. The van der Waals surface area contributed by atoms with Crippen LogP contribution in [-0.4, -0.2) is 49.0 Å². The molecule has 0 saturated carbocycles. The molecule has 2 heteroatoms. The lowest BCUT2D eigenvalue weighted by molar-refractivity contribution is -0.870. The minimum atomic E-state index is 0.179. The number of unbranched alkanes of at least 4 members (excludes halogenated alkanes) is 2. The number of hydrogen-bond acceptors (Lipinski definition) is 0. The van der Waals surface area contributed by atoms with E-state index in [1.165, 1.54) is 42.8 Å². The monoisotopic (exact) mass is 288 g/mol. The van der Waals surface area contributed by atoms with Crippen molar-refractivity contribution in [2.45, 2.75) is 45.4 Å². The van der Waals surface area contributed by atoms with Gasteiger partial charge in [0.05, 0.1) is 33.1 Å². The summed E-state index contributed by atoms with van der Waals surface area (Å²) in [4.78, 5) is 0. The Bertz CT molecular complexity index is 533. The van der Waals surface area contributed by atoms with Crippen molar-refractivity contribution in [3.8, 4) is 0 Å². The molecule has 0 N–H and O–H groups in total. The molecule has 21 heavy (non-hydrogen) atoms. The molecule has 1 aliphatic heterocycles. The van der Waals surface area contributed by atoms with E-state index in [1.54, 1.807) is 0 Å². The smallest absolute Gasteiger partial charge is 0.209 e. The predicted octanol–water partition coefficient (Wildman–Crippen LogP) is 3.96. The zero-order valence-electron chi connectivity index (χ0n) is 14.7. The van der Waals surface area contributed by atoms with Crippen molar-refractivity contribution in [1.29, 1.82) is 0 Å². The van der Waals surface area contributed by atoms with E-state index in [0.29, 0.717) is 0 Å². The second kappa shape index (κ2) is 5.92. The van der Waals surface area contributed by atoms with Crippen LogP contribution in [-0.2, 0) is 5.41 Å². The first-order valence-corrected chi connectivity index (χ1v) is 8.25. The number of benzene rings is 1. The molecule has 0 atom stereocenters. The van der Waals surface area contributed by atoms with E-state index < -0.39 is 0 Å². The Labute approximate surface area is 130 Å². The van der Waals surface area contributed by atoms with Crippen molar-refractivity contribution >= 4 is 11.4 Å². The molecule has 0 amide bonds. The molecule has 0 spiro atoms. The zero-order chi connectivity index (χ0) is 15.7. The molecule has 0 radical (unpaired) electrons. The normalized spacial score (nSPS) is 17.2. The predicted molar refractivity (Wildman–Crippen MR) is 91.7 cm³/mol. The van der Waals surface area contributed by atoms with E-state index in [-0.39, 0.29) is 5.41 Å². The molecule has 0 saturated heterocycles. The van der Waals surface area contributed by atoms with E-state index in [2.05, 4.69) is 70.8 Å². The molecule has 0 aliphatic carbocycles. The summed E-state index contributed by atoms with van der Waals surface area (Å²) in [6, 6.07) is 8.89. The standard InChI is InChI=1S/C19H32N2/c1-16-19(2,3)17-12-8-9-13-18(17)20(16)14-10-7-11-15-21(4,5)6/h8-9,12-13H,7,10-11,14-15H2,1-6H3/q+2. The van der Waals surface area contributed by atoms with Crippen LogP contribution in [0.25, 0.3) is 0 Å². The number of quaternary nitrogens is 1. The summed E-state index contributed by atoms with van der Waals surface area (Å²) in [5, 5.41) is 0. The van der Waals surface area contributed by atoms with E-state index in [9.17, 15) is 0 Å². The summed E-state index contributed by atoms with van der Waals surface area (Å²) in [7, 11) is 6.82. The molecule has 1 aromatic carbocycles. The third kappa shape index (κ3) is 3.55. The molecule has 2 nitrogen and oxygen atoms in total. The van der Waals surface area contributed by atoms with Gasteiger partial charge in [0.1, 0.15) is 6.54 Å². The Morgan fingerprint density at radius 1 is 1.00 bits per heavy atom. The van der Waals surface area contributed by atoms with Crippen LogP contribution in [0, 0.1) is 0 Å². The highest BCUT2D eigenvalue weighted by Crippen LogP contribution is 2.39. The largest absolute Gasteiger partial charge is 0.331 e. The van der Waals surface area contributed by atoms with Gasteiger partial charge in [0.25, 0.3) is 0 Å². The average molecular weight is 288 g/mol. The fourth-order valence-corrected chi connectivity index (χ4v) is 3.27. The maximum atomic E-state index is 2.54. The number of rotatable bonds is 6. The Hall–Kier alpha value is -1.15. The number of hydrogen-bond donors (Lipinski definition) is 0. The molecule has 116 valence electrons. The van der Waals surface area contributed by atoms with Gasteiger partial charge in [0.15, 0.2) is 5.71 Å². The Balaban J connectivity index is 1.99. The van der Waals surface area contributed by atoms with Gasteiger partial charge < -0.3 is 4.48 Å². The lowest BCUT2D eigenvalue weighted by atomic mass is 9.82. The van der Waals surface area contributed by atoms with Crippen LogP contribution >= 0.6 is 0 Å². The summed E-state index contributed by atoms with van der Waals surface area (Å²) >= 11 is 0. The van der Waals surface area contributed by atoms with Gasteiger partial charge in [-0.1, -0.05) is 18.2 Å². The second-order valence-corrected chi connectivity index (χ2v) is 7.95. The second-order valence-electron chi connectivity index (χ2n) is 7.95. The average Bonchev–Trinajstić information content (AvgIpc) is 2.58. The summed E-state index contributed by atoms with van der Waals surface area (Å²) in [5.74, 6) is 0. The van der Waals surface area contributed by atoms with Crippen LogP contribution in [0.15, 0.2) is 24.3 Å².